The number of aromatic nitrogens is 2. The molecule has 0 fully saturated rings. The van der Waals surface area contributed by atoms with Gasteiger partial charge in [-0.15, -0.1) is 0 Å². The molecule has 2 aromatic rings. The molecule has 1 heterocycles. The van der Waals surface area contributed by atoms with E-state index in [1.165, 1.54) is 36.7 Å². The first kappa shape index (κ1) is 18.1. The van der Waals surface area contributed by atoms with Gasteiger partial charge in [0.25, 0.3) is 5.69 Å². The molecule has 0 saturated heterocycles. The van der Waals surface area contributed by atoms with Crippen LogP contribution < -0.4 is 10.6 Å². The van der Waals surface area contributed by atoms with E-state index < -0.39 is 17.1 Å². The molecule has 3 N–H and O–H groups in total. The lowest BCUT2D eigenvalue weighted by molar-refractivity contribution is -0.384. The molecule has 1 atom stereocenters. The fourth-order valence-electron chi connectivity index (χ4n) is 2.14. The monoisotopic (exact) mass is 346 g/mol. The van der Waals surface area contributed by atoms with Crippen molar-refractivity contribution < 1.29 is 19.6 Å². The number of nitrogens with zero attached hydrogens (tertiary/aromatic N) is 4. The predicted octanol–water partition coefficient (Wildman–Crippen LogP) is 2.69. The van der Waals surface area contributed by atoms with E-state index in [9.17, 15) is 14.9 Å². The van der Waals surface area contributed by atoms with Crippen LogP contribution in [0.2, 0.25) is 0 Å². The van der Waals surface area contributed by atoms with Crippen LogP contribution in [-0.4, -0.2) is 31.1 Å². The largest absolute Gasteiger partial charge is 0.464 e. The number of carbonyl (C=O) groups is 1. The number of nitro groups is 1. The van der Waals surface area contributed by atoms with Crippen LogP contribution in [0.3, 0.4) is 0 Å². The summed E-state index contributed by atoms with van der Waals surface area (Å²) in [7, 11) is 0. The van der Waals surface area contributed by atoms with Crippen molar-refractivity contribution in [3.05, 3.63) is 58.4 Å². The number of hydrogen-bond donors (Lipinski definition) is 2. The number of amides is 1. The van der Waals surface area contributed by atoms with Crippen LogP contribution in [0.1, 0.15) is 25.6 Å². The average molecular weight is 346 g/mol. The third-order valence-electron chi connectivity index (χ3n) is 3.26. The van der Waals surface area contributed by atoms with Gasteiger partial charge in [0, 0.05) is 24.1 Å². The molecule has 131 valence electrons. The summed E-state index contributed by atoms with van der Waals surface area (Å²) >= 11 is 0. The molecule has 10 nitrogen and oxygen atoms in total. The topological polar surface area (TPSA) is 145 Å². The minimum Gasteiger partial charge on any atom is -0.464 e. The van der Waals surface area contributed by atoms with Gasteiger partial charge in [0.05, 0.1) is 16.7 Å². The number of benzene rings is 1. The highest BCUT2D eigenvalue weighted by Crippen LogP contribution is 2.29. The molecule has 0 saturated carbocycles. The highest BCUT2D eigenvalue weighted by Gasteiger charge is 2.27. The maximum absolute atomic E-state index is 11.1. The second-order valence-corrected chi connectivity index (χ2v) is 5.30. The van der Waals surface area contributed by atoms with E-state index in [-0.39, 0.29) is 11.6 Å². The molecule has 1 aromatic carbocycles. The molecule has 2 rings (SSSR count). The molecular weight excluding hydrogens is 330 g/mol. The third kappa shape index (κ3) is 4.38. The Balaban J connectivity index is 2.25. The van der Waals surface area contributed by atoms with E-state index in [1.54, 1.807) is 13.8 Å². The van der Waals surface area contributed by atoms with Crippen LogP contribution in [0.5, 0.6) is 11.6 Å². The van der Waals surface area contributed by atoms with E-state index >= 15 is 0 Å². The zero-order valence-electron chi connectivity index (χ0n) is 13.5. The fraction of sp³-hybridized carbons (Fsp3) is 0.200. The first-order valence-corrected chi connectivity index (χ1v) is 7.10. The molecule has 0 spiro atoms. The zero-order valence-corrected chi connectivity index (χ0v) is 13.5. The molecule has 1 radical (unpaired) electrons. The van der Waals surface area contributed by atoms with Crippen LogP contribution in [0.4, 0.5) is 10.5 Å². The SMILES string of the molecule is C[C](C)C(c1cc(Oc2ccc([N+](=O)[O-])cc2)ncn1)N(N)C(=O)O. The lowest BCUT2D eigenvalue weighted by atomic mass is 10.0. The van der Waals surface area contributed by atoms with Gasteiger partial charge in [-0.1, -0.05) is 13.8 Å². The molecule has 0 bridgehead atoms. The van der Waals surface area contributed by atoms with Gasteiger partial charge in [-0.25, -0.2) is 25.6 Å². The number of nitro benzene ring substituents is 1. The molecule has 1 amide bonds. The molecule has 1 aromatic heterocycles. The normalized spacial score (nSPS) is 11.8. The quantitative estimate of drug-likeness (QED) is 0.351. The highest BCUT2D eigenvalue weighted by atomic mass is 16.6. The van der Waals surface area contributed by atoms with Gasteiger partial charge in [-0.05, 0) is 12.1 Å². The van der Waals surface area contributed by atoms with Gasteiger partial charge in [-0.3, -0.25) is 10.1 Å². The number of non-ortho nitro benzene ring substituents is 1. The minimum absolute atomic E-state index is 0.0627. The maximum atomic E-state index is 11.1. The Morgan fingerprint density at radius 3 is 2.48 bits per heavy atom. The fourth-order valence-corrected chi connectivity index (χ4v) is 2.14. The summed E-state index contributed by atoms with van der Waals surface area (Å²) in [4.78, 5) is 29.3. The summed E-state index contributed by atoms with van der Waals surface area (Å²) in [5.41, 5.74) is 0.282. The van der Waals surface area contributed by atoms with Gasteiger partial charge >= 0.3 is 6.09 Å². The molecular formula is C15H16N5O5. The third-order valence-corrected chi connectivity index (χ3v) is 3.26. The average Bonchev–Trinajstić information content (AvgIpc) is 2.55. The smallest absolute Gasteiger partial charge is 0.422 e. The minimum atomic E-state index is -1.30. The van der Waals surface area contributed by atoms with E-state index in [1.807, 2.05) is 0 Å². The number of hydrogen-bond acceptors (Lipinski definition) is 7. The number of rotatable bonds is 6. The van der Waals surface area contributed by atoms with Crippen molar-refractivity contribution in [2.75, 3.05) is 0 Å². The van der Waals surface area contributed by atoms with Crippen molar-refractivity contribution in [2.45, 2.75) is 19.9 Å². The van der Waals surface area contributed by atoms with Gasteiger partial charge in [-0.2, -0.15) is 0 Å². The van der Waals surface area contributed by atoms with E-state index in [0.717, 1.165) is 0 Å². The van der Waals surface area contributed by atoms with E-state index in [0.29, 0.717) is 22.4 Å². The van der Waals surface area contributed by atoms with Crippen molar-refractivity contribution in [1.29, 1.82) is 0 Å². The van der Waals surface area contributed by atoms with Gasteiger partial charge in [0.15, 0.2) is 0 Å². The maximum Gasteiger partial charge on any atom is 0.422 e. The van der Waals surface area contributed by atoms with Crippen molar-refractivity contribution in [3.63, 3.8) is 0 Å². The Morgan fingerprint density at radius 1 is 1.32 bits per heavy atom. The first-order valence-electron chi connectivity index (χ1n) is 7.10. The summed E-state index contributed by atoms with van der Waals surface area (Å²) in [5, 5.41) is 20.4. The Hall–Kier alpha value is -3.27. The second kappa shape index (κ2) is 7.53. The molecule has 10 heteroatoms. The highest BCUT2D eigenvalue weighted by molar-refractivity contribution is 5.65. The summed E-state index contributed by atoms with van der Waals surface area (Å²) in [6.07, 6.45) is -0.0792. The van der Waals surface area contributed by atoms with Crippen LogP contribution in [0, 0.1) is 16.0 Å². The first-order chi connectivity index (χ1) is 11.8. The Bertz CT molecular complexity index is 765. The Kier molecular flexibility index (Phi) is 5.45. The number of carboxylic acid groups (broad SMARTS) is 1. The summed E-state index contributed by atoms with van der Waals surface area (Å²) < 4.78 is 5.53. The lowest BCUT2D eigenvalue weighted by Gasteiger charge is -2.27. The number of nitrogens with two attached hydrogens (primary N) is 1. The second-order valence-electron chi connectivity index (χ2n) is 5.30. The number of ether oxygens (including phenoxy) is 1. The van der Waals surface area contributed by atoms with Gasteiger partial charge < -0.3 is 9.84 Å². The van der Waals surface area contributed by atoms with Crippen LogP contribution in [0.15, 0.2) is 36.7 Å². The van der Waals surface area contributed by atoms with Gasteiger partial charge in [0.1, 0.15) is 12.1 Å². The van der Waals surface area contributed by atoms with Crippen molar-refractivity contribution in [1.82, 2.24) is 15.0 Å². The molecule has 0 aliphatic rings. The summed E-state index contributed by atoms with van der Waals surface area (Å²) in [6.45, 7) is 3.46. The number of hydrazine groups is 1. The molecule has 0 aliphatic heterocycles. The Morgan fingerprint density at radius 2 is 1.96 bits per heavy atom. The van der Waals surface area contributed by atoms with Gasteiger partial charge in [0.2, 0.25) is 5.88 Å². The van der Waals surface area contributed by atoms with Crippen molar-refractivity contribution in [3.8, 4) is 11.6 Å². The summed E-state index contributed by atoms with van der Waals surface area (Å²) in [5.74, 6) is 6.80. The van der Waals surface area contributed by atoms with E-state index in [4.69, 9.17) is 15.7 Å². The molecule has 0 aliphatic carbocycles. The lowest BCUT2D eigenvalue weighted by Crippen LogP contribution is -2.41. The van der Waals surface area contributed by atoms with Crippen LogP contribution >= 0.6 is 0 Å². The molecule has 25 heavy (non-hydrogen) atoms. The Labute approximate surface area is 143 Å². The van der Waals surface area contributed by atoms with Crippen LogP contribution in [0.25, 0.3) is 0 Å². The molecule has 1 unspecified atom stereocenters. The van der Waals surface area contributed by atoms with E-state index in [2.05, 4.69) is 9.97 Å². The van der Waals surface area contributed by atoms with Crippen molar-refractivity contribution in [2.24, 2.45) is 5.84 Å². The van der Waals surface area contributed by atoms with Crippen molar-refractivity contribution >= 4 is 11.8 Å². The predicted molar refractivity (Wildman–Crippen MR) is 86.6 cm³/mol. The zero-order chi connectivity index (χ0) is 18.6. The van der Waals surface area contributed by atoms with Crippen LogP contribution in [-0.2, 0) is 0 Å². The summed E-state index contributed by atoms with van der Waals surface area (Å²) in [6, 6.07) is 6.16. The standard InChI is InChI=1S/C15H16N5O5/c1-9(2)14(19(16)15(21)22)12-7-13(18-8-17-12)25-11-5-3-10(4-6-11)20(23)24/h3-8,14H,16H2,1-2H3,(H,21,22).